The first-order valence-corrected chi connectivity index (χ1v) is 10.8. The van der Waals surface area contributed by atoms with Crippen LogP contribution in [-0.4, -0.2) is 26.1 Å². The highest BCUT2D eigenvalue weighted by atomic mass is 79.9. The van der Waals surface area contributed by atoms with Crippen molar-refractivity contribution in [2.45, 2.75) is 31.8 Å². The van der Waals surface area contributed by atoms with Crippen LogP contribution >= 0.6 is 28.1 Å². The molecule has 1 aliphatic rings. The van der Waals surface area contributed by atoms with Crippen LogP contribution in [-0.2, 0) is 0 Å². The second-order valence-electron chi connectivity index (χ2n) is 6.95. The maximum Gasteiger partial charge on any atom is 0.170 e. The molecule has 0 radical (unpaired) electrons. The van der Waals surface area contributed by atoms with Crippen molar-refractivity contribution in [3.63, 3.8) is 0 Å². The molecule has 1 fully saturated rings. The van der Waals surface area contributed by atoms with E-state index >= 15 is 0 Å². The summed E-state index contributed by atoms with van der Waals surface area (Å²) in [6.45, 7) is 3.14. The van der Waals surface area contributed by atoms with Gasteiger partial charge in [0, 0.05) is 34.8 Å². The van der Waals surface area contributed by atoms with Gasteiger partial charge in [-0.05, 0) is 67.2 Å². The van der Waals surface area contributed by atoms with Crippen LogP contribution in [0, 0.1) is 0 Å². The van der Waals surface area contributed by atoms with Gasteiger partial charge in [-0.3, -0.25) is 4.98 Å². The summed E-state index contributed by atoms with van der Waals surface area (Å²) in [4.78, 5) is 6.94. The molecule has 6 heteroatoms. The molecule has 2 aromatic heterocycles. The van der Waals surface area contributed by atoms with Gasteiger partial charge >= 0.3 is 0 Å². The molecule has 1 saturated heterocycles. The van der Waals surface area contributed by atoms with Crippen LogP contribution in [0.5, 0.6) is 0 Å². The zero-order chi connectivity index (χ0) is 19.5. The highest BCUT2D eigenvalue weighted by molar-refractivity contribution is 9.10. The number of rotatable bonds is 6. The zero-order valence-corrected chi connectivity index (χ0v) is 18.2. The topological polar surface area (TPSA) is 33.1 Å². The van der Waals surface area contributed by atoms with Gasteiger partial charge in [-0.2, -0.15) is 0 Å². The molecule has 3 heterocycles. The Labute approximate surface area is 179 Å². The fourth-order valence-electron chi connectivity index (χ4n) is 3.77. The molecule has 1 aliphatic heterocycles. The highest BCUT2D eigenvalue weighted by Gasteiger charge is 2.40. The Kier molecular flexibility index (Phi) is 5.78. The Hall–Kier alpha value is -2.18. The third-order valence-electron chi connectivity index (χ3n) is 5.14. The number of nitrogens with zero attached hydrogens (tertiary/aromatic N) is 3. The normalized spacial score (nSPS) is 19.1. The van der Waals surface area contributed by atoms with Crippen molar-refractivity contribution in [1.29, 1.82) is 0 Å². The fraction of sp³-hybridized carbons (Fsp3) is 0.273. The number of nitrogens with one attached hydrogen (secondary N) is 1. The first-order valence-electron chi connectivity index (χ1n) is 9.60. The lowest BCUT2D eigenvalue weighted by Crippen LogP contribution is -2.31. The zero-order valence-electron chi connectivity index (χ0n) is 15.8. The molecular formula is C22H23BrN4S. The monoisotopic (exact) mass is 454 g/mol. The van der Waals surface area contributed by atoms with Crippen molar-refractivity contribution >= 4 is 33.3 Å². The molecule has 28 heavy (non-hydrogen) atoms. The van der Waals surface area contributed by atoms with E-state index in [1.54, 1.807) is 0 Å². The van der Waals surface area contributed by atoms with E-state index in [0.29, 0.717) is 0 Å². The Bertz CT molecular complexity index is 939. The van der Waals surface area contributed by atoms with E-state index in [0.717, 1.165) is 40.4 Å². The van der Waals surface area contributed by atoms with Gasteiger partial charge in [-0.1, -0.05) is 35.3 Å². The number of hydrogen-bond acceptors (Lipinski definition) is 2. The van der Waals surface area contributed by atoms with E-state index in [1.807, 2.05) is 18.3 Å². The minimum Gasteiger partial charge on any atom is -0.352 e. The lowest BCUT2D eigenvalue weighted by atomic mass is 10.0. The van der Waals surface area contributed by atoms with Crippen LogP contribution in [0.1, 0.15) is 43.2 Å². The van der Waals surface area contributed by atoms with Crippen LogP contribution in [0.25, 0.3) is 5.69 Å². The van der Waals surface area contributed by atoms with Gasteiger partial charge in [0.05, 0.1) is 17.8 Å². The number of halogens is 1. The molecule has 0 aliphatic carbocycles. The van der Waals surface area contributed by atoms with E-state index in [4.69, 9.17) is 12.2 Å². The number of thiocarbonyl (C=S) groups is 1. The molecule has 0 amide bonds. The van der Waals surface area contributed by atoms with Gasteiger partial charge in [0.25, 0.3) is 0 Å². The Morgan fingerprint density at radius 3 is 2.64 bits per heavy atom. The third-order valence-corrected chi connectivity index (χ3v) is 6.02. The Morgan fingerprint density at radius 2 is 1.93 bits per heavy atom. The summed E-state index contributed by atoms with van der Waals surface area (Å²) in [7, 11) is 0. The molecular weight excluding hydrogens is 432 g/mol. The molecule has 0 spiro atoms. The van der Waals surface area contributed by atoms with Crippen molar-refractivity contribution in [3.05, 3.63) is 82.9 Å². The number of pyridine rings is 1. The second-order valence-corrected chi connectivity index (χ2v) is 8.26. The van der Waals surface area contributed by atoms with Crippen molar-refractivity contribution in [1.82, 2.24) is 19.8 Å². The van der Waals surface area contributed by atoms with Gasteiger partial charge in [-0.15, -0.1) is 0 Å². The quantitative estimate of drug-likeness (QED) is 0.504. The van der Waals surface area contributed by atoms with Crippen molar-refractivity contribution in [2.24, 2.45) is 0 Å². The number of aromatic nitrogens is 2. The Balaban J connectivity index is 1.78. The summed E-state index contributed by atoms with van der Waals surface area (Å²) >= 11 is 9.26. The Morgan fingerprint density at radius 1 is 1.11 bits per heavy atom. The predicted molar refractivity (Wildman–Crippen MR) is 121 cm³/mol. The lowest BCUT2D eigenvalue weighted by Gasteiger charge is -2.29. The van der Waals surface area contributed by atoms with E-state index in [1.165, 1.54) is 5.69 Å². The molecule has 3 aromatic rings. The van der Waals surface area contributed by atoms with E-state index in [2.05, 4.69) is 91.3 Å². The molecule has 144 valence electrons. The lowest BCUT2D eigenvalue weighted by molar-refractivity contribution is 0.304. The largest absolute Gasteiger partial charge is 0.352 e. The van der Waals surface area contributed by atoms with E-state index < -0.39 is 0 Å². The molecule has 0 unspecified atom stereocenters. The summed E-state index contributed by atoms with van der Waals surface area (Å²) in [5.41, 5.74) is 3.36. The number of unbranched alkanes of at least 4 members (excludes halogenated alkanes) is 1. The molecule has 0 saturated carbocycles. The molecule has 4 rings (SSSR count). The van der Waals surface area contributed by atoms with E-state index in [9.17, 15) is 0 Å². The first-order chi connectivity index (χ1) is 13.7. The summed E-state index contributed by atoms with van der Waals surface area (Å²) in [5.74, 6) is 0. The average Bonchev–Trinajstić information content (AvgIpc) is 3.32. The van der Waals surface area contributed by atoms with Crippen LogP contribution in [0.2, 0.25) is 0 Å². The minimum absolute atomic E-state index is 0.0228. The SMILES string of the molecule is CCCCN1C(=S)N[C@@H](c2ccccn2)[C@H]1c1cccn1-c1ccc(Br)cc1. The molecule has 1 aromatic carbocycles. The maximum atomic E-state index is 5.73. The molecule has 1 N–H and O–H groups in total. The second kappa shape index (κ2) is 8.45. The maximum absolute atomic E-state index is 5.73. The van der Waals surface area contributed by atoms with Crippen LogP contribution in [0.15, 0.2) is 71.5 Å². The van der Waals surface area contributed by atoms with E-state index in [-0.39, 0.29) is 12.1 Å². The summed E-state index contributed by atoms with van der Waals surface area (Å²) in [6.07, 6.45) is 6.20. The smallest absolute Gasteiger partial charge is 0.170 e. The standard InChI is InChI=1S/C22H23BrN4S/c1-2-3-14-27-21(20(25-22(27)28)18-7-4-5-13-24-18)19-8-6-15-26(19)17-11-9-16(23)10-12-17/h4-13,15,20-21H,2-3,14H2,1H3,(H,25,28)/t20-,21+/m0/s1. The van der Waals surface area contributed by atoms with Gasteiger partial charge in [0.15, 0.2) is 5.11 Å². The summed E-state index contributed by atoms with van der Waals surface area (Å²) < 4.78 is 3.33. The number of hydrogen-bond donors (Lipinski definition) is 1. The summed E-state index contributed by atoms with van der Waals surface area (Å²) in [5, 5.41) is 4.33. The first kappa shape index (κ1) is 19.2. The van der Waals surface area contributed by atoms with Crippen LogP contribution in [0.4, 0.5) is 0 Å². The van der Waals surface area contributed by atoms with Gasteiger partial charge in [-0.25, -0.2) is 0 Å². The highest BCUT2D eigenvalue weighted by Crippen LogP contribution is 2.39. The number of benzene rings is 1. The van der Waals surface area contributed by atoms with Crippen molar-refractivity contribution in [2.75, 3.05) is 6.54 Å². The summed E-state index contributed by atoms with van der Waals surface area (Å²) in [6, 6.07) is 18.9. The fourth-order valence-corrected chi connectivity index (χ4v) is 4.36. The predicted octanol–water partition coefficient (Wildman–Crippen LogP) is 5.41. The third kappa shape index (κ3) is 3.71. The molecule has 0 bridgehead atoms. The van der Waals surface area contributed by atoms with Crippen molar-refractivity contribution < 1.29 is 0 Å². The van der Waals surface area contributed by atoms with Crippen LogP contribution in [0.3, 0.4) is 0 Å². The average molecular weight is 455 g/mol. The van der Waals surface area contributed by atoms with Gasteiger partial charge in [0.1, 0.15) is 0 Å². The van der Waals surface area contributed by atoms with Crippen molar-refractivity contribution in [3.8, 4) is 5.69 Å². The van der Waals surface area contributed by atoms with Gasteiger partial charge in [0.2, 0.25) is 0 Å². The molecule has 4 nitrogen and oxygen atoms in total. The molecule has 2 atom stereocenters. The van der Waals surface area contributed by atoms with Crippen LogP contribution < -0.4 is 5.32 Å². The minimum atomic E-state index is 0.0228. The van der Waals surface area contributed by atoms with Gasteiger partial charge < -0.3 is 14.8 Å².